The van der Waals surface area contributed by atoms with Gasteiger partial charge in [-0.05, 0) is 35.1 Å². The Kier molecular flexibility index (Phi) is 6.26. The third kappa shape index (κ3) is 4.87. The van der Waals surface area contributed by atoms with E-state index in [1.54, 1.807) is 4.90 Å². The minimum atomic E-state index is -0.891. The predicted molar refractivity (Wildman–Crippen MR) is 111 cm³/mol. The zero-order chi connectivity index (χ0) is 20.1. The Hall–Kier alpha value is -2.92. The Balaban J connectivity index is 1.78. The van der Waals surface area contributed by atoms with E-state index < -0.39 is 6.10 Å². The van der Waals surface area contributed by atoms with Crippen LogP contribution in [0.1, 0.15) is 25.5 Å². The van der Waals surface area contributed by atoms with Gasteiger partial charge < -0.3 is 15.3 Å². The van der Waals surface area contributed by atoms with Crippen LogP contribution in [0.15, 0.2) is 66.7 Å². The number of benzene rings is 3. The number of halogens is 1. The molecule has 0 aliphatic heterocycles. The first kappa shape index (κ1) is 19.8. The minimum absolute atomic E-state index is 0.125. The molecule has 5 heteroatoms. The molecule has 2 amide bonds. The van der Waals surface area contributed by atoms with Crippen molar-refractivity contribution in [1.82, 2.24) is 4.90 Å². The Morgan fingerprint density at radius 2 is 1.68 bits per heavy atom. The van der Waals surface area contributed by atoms with Crippen LogP contribution in [0.25, 0.3) is 10.8 Å². The van der Waals surface area contributed by atoms with Crippen LogP contribution in [-0.4, -0.2) is 29.1 Å². The number of carbonyl (C=O) groups is 1. The Morgan fingerprint density at radius 1 is 1.00 bits per heavy atom. The number of carbonyl (C=O) groups excluding carboxylic acids is 1. The van der Waals surface area contributed by atoms with Gasteiger partial charge in [-0.1, -0.05) is 62.4 Å². The highest BCUT2D eigenvalue weighted by Crippen LogP contribution is 2.24. The highest BCUT2D eigenvalue weighted by atomic mass is 19.1. The quantitative estimate of drug-likeness (QED) is 0.617. The number of hydrogen-bond donors (Lipinski definition) is 2. The van der Waals surface area contributed by atoms with Crippen molar-refractivity contribution in [3.8, 4) is 0 Å². The number of aliphatic hydroxyl groups excluding tert-OH is 1. The number of hydrogen-bond acceptors (Lipinski definition) is 2. The predicted octanol–water partition coefficient (Wildman–Crippen LogP) is 5.20. The molecule has 0 saturated carbocycles. The van der Waals surface area contributed by atoms with E-state index in [1.165, 1.54) is 24.3 Å². The van der Waals surface area contributed by atoms with Crippen molar-refractivity contribution in [3.63, 3.8) is 0 Å². The molecule has 0 aliphatic carbocycles. The van der Waals surface area contributed by atoms with E-state index in [9.17, 15) is 14.3 Å². The van der Waals surface area contributed by atoms with Gasteiger partial charge in [-0.15, -0.1) is 0 Å². The molecule has 2 N–H and O–H groups in total. The maximum atomic E-state index is 13.1. The van der Waals surface area contributed by atoms with E-state index in [1.807, 2.05) is 56.3 Å². The summed E-state index contributed by atoms with van der Waals surface area (Å²) >= 11 is 0. The van der Waals surface area contributed by atoms with Crippen LogP contribution in [0.3, 0.4) is 0 Å². The number of rotatable bonds is 6. The van der Waals surface area contributed by atoms with Gasteiger partial charge in [0.2, 0.25) is 0 Å². The molecular weight excluding hydrogens is 355 g/mol. The van der Waals surface area contributed by atoms with Gasteiger partial charge in [0, 0.05) is 11.9 Å². The number of anilines is 1. The second-order valence-corrected chi connectivity index (χ2v) is 7.32. The fourth-order valence-electron chi connectivity index (χ4n) is 3.21. The lowest BCUT2D eigenvalue weighted by molar-refractivity contribution is 0.121. The molecule has 3 rings (SSSR count). The standard InChI is InChI=1S/C23H25FN2O2/c1-16(2)14-26(15-22(27)18-10-12-19(24)13-11-18)23(28)25-21-9-5-7-17-6-3-4-8-20(17)21/h3-13,16,22,27H,14-15H2,1-2H3,(H,25,28). The third-order valence-corrected chi connectivity index (χ3v) is 4.55. The second kappa shape index (κ2) is 8.85. The highest BCUT2D eigenvalue weighted by Gasteiger charge is 2.20. The van der Waals surface area contributed by atoms with E-state index in [-0.39, 0.29) is 24.3 Å². The highest BCUT2D eigenvalue weighted by molar-refractivity contribution is 6.01. The normalized spacial score (nSPS) is 12.2. The summed E-state index contributed by atoms with van der Waals surface area (Å²) in [5.41, 5.74) is 1.31. The topological polar surface area (TPSA) is 52.6 Å². The summed E-state index contributed by atoms with van der Waals surface area (Å²) in [7, 11) is 0. The van der Waals surface area contributed by atoms with Gasteiger partial charge in [0.25, 0.3) is 0 Å². The summed E-state index contributed by atoms with van der Waals surface area (Å²) in [5.74, 6) is -0.123. The van der Waals surface area contributed by atoms with E-state index >= 15 is 0 Å². The number of urea groups is 1. The first-order valence-electron chi connectivity index (χ1n) is 9.41. The smallest absolute Gasteiger partial charge is 0.321 e. The van der Waals surface area contributed by atoms with Gasteiger partial charge in [0.1, 0.15) is 5.82 Å². The first-order chi connectivity index (χ1) is 13.4. The molecule has 0 radical (unpaired) electrons. The lowest BCUT2D eigenvalue weighted by Gasteiger charge is -2.27. The summed E-state index contributed by atoms with van der Waals surface area (Å²) in [5, 5.41) is 15.5. The average molecular weight is 380 g/mol. The molecule has 1 atom stereocenters. The molecule has 3 aromatic carbocycles. The third-order valence-electron chi connectivity index (χ3n) is 4.55. The lowest BCUT2D eigenvalue weighted by atomic mass is 10.1. The van der Waals surface area contributed by atoms with Crippen molar-refractivity contribution in [3.05, 3.63) is 78.1 Å². The fraction of sp³-hybridized carbons (Fsp3) is 0.261. The molecular formula is C23H25FN2O2. The van der Waals surface area contributed by atoms with Crippen molar-refractivity contribution in [2.24, 2.45) is 5.92 Å². The Morgan fingerprint density at radius 3 is 2.39 bits per heavy atom. The van der Waals surface area contributed by atoms with Gasteiger partial charge in [-0.3, -0.25) is 0 Å². The number of nitrogens with one attached hydrogen (secondary N) is 1. The zero-order valence-corrected chi connectivity index (χ0v) is 16.1. The summed E-state index contributed by atoms with van der Waals surface area (Å²) in [4.78, 5) is 14.6. The van der Waals surface area contributed by atoms with Crippen molar-refractivity contribution < 1.29 is 14.3 Å². The molecule has 0 saturated heterocycles. The molecule has 1 unspecified atom stereocenters. The van der Waals surface area contributed by atoms with Gasteiger partial charge >= 0.3 is 6.03 Å². The van der Waals surface area contributed by atoms with Gasteiger partial charge in [-0.25, -0.2) is 9.18 Å². The fourth-order valence-corrected chi connectivity index (χ4v) is 3.21. The van der Waals surface area contributed by atoms with E-state index in [0.29, 0.717) is 12.1 Å². The molecule has 146 valence electrons. The average Bonchev–Trinajstić information content (AvgIpc) is 2.68. The van der Waals surface area contributed by atoms with Gasteiger partial charge in [0.05, 0.1) is 18.3 Å². The number of aliphatic hydroxyl groups is 1. The molecule has 0 fully saturated rings. The first-order valence-corrected chi connectivity index (χ1v) is 9.41. The van der Waals surface area contributed by atoms with Crippen LogP contribution in [0.5, 0.6) is 0 Å². The lowest BCUT2D eigenvalue weighted by Crippen LogP contribution is -2.40. The van der Waals surface area contributed by atoms with E-state index in [4.69, 9.17) is 0 Å². The van der Waals surface area contributed by atoms with Crippen molar-refractivity contribution >= 4 is 22.5 Å². The maximum absolute atomic E-state index is 13.1. The largest absolute Gasteiger partial charge is 0.387 e. The Bertz CT molecular complexity index is 935. The van der Waals surface area contributed by atoms with Crippen molar-refractivity contribution in [2.75, 3.05) is 18.4 Å². The molecule has 0 heterocycles. The maximum Gasteiger partial charge on any atom is 0.321 e. The second-order valence-electron chi connectivity index (χ2n) is 7.32. The van der Waals surface area contributed by atoms with Crippen LogP contribution in [0.4, 0.5) is 14.9 Å². The molecule has 0 spiro atoms. The molecule has 0 aliphatic rings. The molecule has 0 aromatic heterocycles. The molecule has 3 aromatic rings. The van der Waals surface area contributed by atoms with Crippen LogP contribution in [-0.2, 0) is 0 Å². The van der Waals surface area contributed by atoms with Crippen LogP contribution in [0, 0.1) is 11.7 Å². The van der Waals surface area contributed by atoms with Crippen molar-refractivity contribution in [2.45, 2.75) is 20.0 Å². The van der Waals surface area contributed by atoms with Crippen molar-refractivity contribution in [1.29, 1.82) is 0 Å². The van der Waals surface area contributed by atoms with Gasteiger partial charge in [0.15, 0.2) is 0 Å². The molecule has 0 bridgehead atoms. The minimum Gasteiger partial charge on any atom is -0.387 e. The SMILES string of the molecule is CC(C)CN(CC(O)c1ccc(F)cc1)C(=O)Nc1cccc2ccccc12. The number of amides is 2. The number of nitrogens with zero attached hydrogens (tertiary/aromatic N) is 1. The summed E-state index contributed by atoms with van der Waals surface area (Å²) < 4.78 is 13.1. The summed E-state index contributed by atoms with van der Waals surface area (Å²) in [6, 6.07) is 19.0. The summed E-state index contributed by atoms with van der Waals surface area (Å²) in [6.07, 6.45) is -0.891. The van der Waals surface area contributed by atoms with Crippen LogP contribution >= 0.6 is 0 Å². The summed E-state index contributed by atoms with van der Waals surface area (Å²) in [6.45, 7) is 4.65. The van der Waals surface area contributed by atoms with Crippen LogP contribution < -0.4 is 5.32 Å². The Labute approximate surface area is 164 Å². The van der Waals surface area contributed by atoms with E-state index in [0.717, 1.165) is 16.5 Å². The van der Waals surface area contributed by atoms with Gasteiger partial charge in [-0.2, -0.15) is 0 Å². The van der Waals surface area contributed by atoms with E-state index in [2.05, 4.69) is 5.32 Å². The van der Waals surface area contributed by atoms with Crippen LogP contribution in [0.2, 0.25) is 0 Å². The molecule has 4 nitrogen and oxygen atoms in total. The zero-order valence-electron chi connectivity index (χ0n) is 16.1. The number of fused-ring (bicyclic) bond motifs is 1. The monoisotopic (exact) mass is 380 g/mol. The molecule has 28 heavy (non-hydrogen) atoms.